The van der Waals surface area contributed by atoms with Gasteiger partial charge in [0.1, 0.15) is 5.82 Å². The minimum atomic E-state index is -0.825. The van der Waals surface area contributed by atoms with Crippen molar-refractivity contribution in [2.24, 2.45) is 5.92 Å². The Labute approximate surface area is 134 Å². The molecule has 0 saturated carbocycles. The van der Waals surface area contributed by atoms with E-state index in [1.165, 1.54) is 36.1 Å². The molecular formula is C14H23N3O2S2. The fourth-order valence-electron chi connectivity index (χ4n) is 2.53. The van der Waals surface area contributed by atoms with Crippen LogP contribution in [0.3, 0.4) is 0 Å². The Morgan fingerprint density at radius 2 is 2.05 bits per heavy atom. The highest BCUT2D eigenvalue weighted by atomic mass is 32.2. The summed E-state index contributed by atoms with van der Waals surface area (Å²) in [5, 5.41) is 18.1. The summed E-state index contributed by atoms with van der Waals surface area (Å²) in [6.07, 6.45) is 3.41. The summed E-state index contributed by atoms with van der Waals surface area (Å²) >= 11 is 3.27. The molecule has 21 heavy (non-hydrogen) atoms. The molecular weight excluding hydrogens is 306 g/mol. The molecule has 118 valence electrons. The van der Waals surface area contributed by atoms with Crippen LogP contribution in [0.15, 0.2) is 5.16 Å². The van der Waals surface area contributed by atoms with Crippen LogP contribution in [0.1, 0.15) is 39.4 Å². The molecule has 5 nitrogen and oxygen atoms in total. The molecule has 0 aliphatic carbocycles. The third-order valence-corrected chi connectivity index (χ3v) is 5.47. The van der Waals surface area contributed by atoms with Gasteiger partial charge in [-0.1, -0.05) is 11.8 Å². The van der Waals surface area contributed by atoms with Crippen molar-refractivity contribution in [3.05, 3.63) is 5.82 Å². The van der Waals surface area contributed by atoms with Gasteiger partial charge in [0, 0.05) is 12.0 Å². The Bertz CT molecular complexity index is 491. The molecule has 0 amide bonds. The van der Waals surface area contributed by atoms with Crippen LogP contribution in [-0.2, 0) is 16.8 Å². The highest BCUT2D eigenvalue weighted by Gasteiger charge is 2.26. The summed E-state index contributed by atoms with van der Waals surface area (Å²) in [7, 11) is 0. The van der Waals surface area contributed by atoms with Gasteiger partial charge in [0.15, 0.2) is 5.16 Å². The van der Waals surface area contributed by atoms with Crippen LogP contribution in [-0.4, -0.2) is 43.1 Å². The van der Waals surface area contributed by atoms with E-state index < -0.39 is 5.97 Å². The van der Waals surface area contributed by atoms with Crippen molar-refractivity contribution in [1.82, 2.24) is 14.8 Å². The van der Waals surface area contributed by atoms with Crippen molar-refractivity contribution in [1.29, 1.82) is 0 Å². The van der Waals surface area contributed by atoms with E-state index >= 15 is 0 Å². The second kappa shape index (κ2) is 7.05. The van der Waals surface area contributed by atoms with Gasteiger partial charge in [-0.3, -0.25) is 4.79 Å². The summed E-state index contributed by atoms with van der Waals surface area (Å²) in [4.78, 5) is 10.8. The van der Waals surface area contributed by atoms with Gasteiger partial charge in [0.25, 0.3) is 0 Å². The van der Waals surface area contributed by atoms with E-state index in [1.54, 1.807) is 0 Å². The molecule has 0 unspecified atom stereocenters. The molecule has 1 aliphatic heterocycles. The first-order valence-electron chi connectivity index (χ1n) is 7.25. The molecule has 0 bridgehead atoms. The van der Waals surface area contributed by atoms with Gasteiger partial charge in [0.2, 0.25) is 0 Å². The van der Waals surface area contributed by atoms with Crippen molar-refractivity contribution in [2.75, 3.05) is 17.3 Å². The number of thioether (sulfide) groups is 2. The van der Waals surface area contributed by atoms with E-state index in [-0.39, 0.29) is 11.3 Å². The Morgan fingerprint density at radius 3 is 2.62 bits per heavy atom. The van der Waals surface area contributed by atoms with Gasteiger partial charge in [-0.2, -0.15) is 11.8 Å². The predicted octanol–water partition coefficient (Wildman–Crippen LogP) is 2.90. The normalized spacial score (nSPS) is 17.1. The van der Waals surface area contributed by atoms with Crippen LogP contribution in [0.2, 0.25) is 0 Å². The van der Waals surface area contributed by atoms with Crippen molar-refractivity contribution in [2.45, 2.75) is 50.7 Å². The van der Waals surface area contributed by atoms with Gasteiger partial charge in [-0.25, -0.2) is 0 Å². The van der Waals surface area contributed by atoms with Crippen molar-refractivity contribution in [3.8, 4) is 0 Å². The van der Waals surface area contributed by atoms with Crippen molar-refractivity contribution >= 4 is 29.5 Å². The molecule has 1 aromatic rings. The average Bonchev–Trinajstić information content (AvgIpc) is 2.80. The maximum Gasteiger partial charge on any atom is 0.313 e. The largest absolute Gasteiger partial charge is 0.481 e. The number of carboxylic acids is 1. The van der Waals surface area contributed by atoms with Crippen LogP contribution in [0.25, 0.3) is 0 Å². The molecule has 0 radical (unpaired) electrons. The Balaban J connectivity index is 2.17. The maximum absolute atomic E-state index is 10.8. The number of aromatic nitrogens is 3. The zero-order chi connectivity index (χ0) is 15.5. The van der Waals surface area contributed by atoms with Crippen molar-refractivity contribution < 1.29 is 9.90 Å². The van der Waals surface area contributed by atoms with Gasteiger partial charge in [-0.15, -0.1) is 10.2 Å². The summed E-state index contributed by atoms with van der Waals surface area (Å²) in [6, 6.07) is 0. The Hall–Kier alpha value is -0.690. The lowest BCUT2D eigenvalue weighted by Crippen LogP contribution is -2.27. The first kappa shape index (κ1) is 16.7. The van der Waals surface area contributed by atoms with Crippen LogP contribution in [0.5, 0.6) is 0 Å². The van der Waals surface area contributed by atoms with E-state index in [0.717, 1.165) is 12.2 Å². The fourth-order valence-corrected chi connectivity index (χ4v) is 4.60. The second-order valence-corrected chi connectivity index (χ2v) is 8.51. The quantitative estimate of drug-likeness (QED) is 0.838. The number of aliphatic carboxylic acids is 1. The lowest BCUT2D eigenvalue weighted by atomic mass is 9.98. The van der Waals surface area contributed by atoms with Crippen LogP contribution in [0.4, 0.5) is 0 Å². The van der Waals surface area contributed by atoms with E-state index in [1.807, 2.05) is 11.8 Å². The summed E-state index contributed by atoms with van der Waals surface area (Å²) in [5.74, 6) is 3.33. The Morgan fingerprint density at radius 1 is 1.38 bits per heavy atom. The zero-order valence-corrected chi connectivity index (χ0v) is 14.5. The topological polar surface area (TPSA) is 68.0 Å². The molecule has 1 fully saturated rings. The van der Waals surface area contributed by atoms with Gasteiger partial charge >= 0.3 is 5.97 Å². The summed E-state index contributed by atoms with van der Waals surface area (Å²) in [5.41, 5.74) is -0.136. The van der Waals surface area contributed by atoms with Gasteiger partial charge < -0.3 is 9.67 Å². The third kappa shape index (κ3) is 4.64. The number of hydrogen-bond acceptors (Lipinski definition) is 5. The Kier molecular flexibility index (Phi) is 5.60. The highest BCUT2D eigenvalue weighted by Crippen LogP contribution is 2.30. The molecule has 1 N–H and O–H groups in total. The SMILES string of the molecule is CC(C)(C)n1c(CC2CCSCC2)nnc1SCC(=O)O. The van der Waals surface area contributed by atoms with E-state index in [4.69, 9.17) is 5.11 Å². The van der Waals surface area contributed by atoms with Crippen LogP contribution >= 0.6 is 23.5 Å². The monoisotopic (exact) mass is 329 g/mol. The molecule has 2 heterocycles. The molecule has 7 heteroatoms. The number of carboxylic acid groups (broad SMARTS) is 1. The lowest BCUT2D eigenvalue weighted by molar-refractivity contribution is -0.133. The molecule has 0 atom stereocenters. The molecule has 1 aromatic heterocycles. The summed E-state index contributed by atoms with van der Waals surface area (Å²) in [6.45, 7) is 6.34. The van der Waals surface area contributed by atoms with Crippen LogP contribution < -0.4 is 0 Å². The number of nitrogens with zero attached hydrogens (tertiary/aromatic N) is 3. The smallest absolute Gasteiger partial charge is 0.313 e. The number of hydrogen-bond donors (Lipinski definition) is 1. The molecule has 1 aliphatic rings. The second-order valence-electron chi connectivity index (χ2n) is 6.35. The fraction of sp³-hybridized carbons (Fsp3) is 0.786. The molecule has 1 saturated heterocycles. The molecule has 0 spiro atoms. The number of rotatable bonds is 5. The van der Waals surface area contributed by atoms with E-state index in [2.05, 4.69) is 35.5 Å². The maximum atomic E-state index is 10.8. The standard InChI is InChI=1S/C14H23N3O2S2/c1-14(2,3)17-11(8-10-4-6-20-7-5-10)15-16-13(17)21-9-12(18)19/h10H,4-9H2,1-3H3,(H,18,19). The minimum absolute atomic E-state index is 0.0221. The number of carbonyl (C=O) groups is 1. The summed E-state index contributed by atoms with van der Waals surface area (Å²) < 4.78 is 2.11. The van der Waals surface area contributed by atoms with E-state index in [9.17, 15) is 4.79 Å². The first-order chi connectivity index (χ1) is 9.88. The molecule has 2 rings (SSSR count). The van der Waals surface area contributed by atoms with Crippen molar-refractivity contribution in [3.63, 3.8) is 0 Å². The predicted molar refractivity (Wildman–Crippen MR) is 87.1 cm³/mol. The van der Waals surface area contributed by atoms with Gasteiger partial charge in [0.05, 0.1) is 5.75 Å². The highest BCUT2D eigenvalue weighted by molar-refractivity contribution is 7.99. The lowest BCUT2D eigenvalue weighted by Gasteiger charge is -2.27. The molecule has 0 aromatic carbocycles. The third-order valence-electron chi connectivity index (χ3n) is 3.51. The first-order valence-corrected chi connectivity index (χ1v) is 9.39. The van der Waals surface area contributed by atoms with Gasteiger partial charge in [-0.05, 0) is 51.0 Å². The van der Waals surface area contributed by atoms with Crippen LogP contribution in [0, 0.1) is 5.92 Å². The minimum Gasteiger partial charge on any atom is -0.481 e. The van der Waals surface area contributed by atoms with E-state index in [0.29, 0.717) is 11.1 Å². The zero-order valence-electron chi connectivity index (χ0n) is 12.8. The average molecular weight is 329 g/mol.